The molecule has 1 aromatic rings. The van der Waals surface area contributed by atoms with Gasteiger partial charge in [-0.05, 0) is 12.0 Å². The Morgan fingerprint density at radius 3 is 2.52 bits per heavy atom. The molecule has 116 valence electrons. The third-order valence-electron chi connectivity index (χ3n) is 3.57. The van der Waals surface area contributed by atoms with E-state index in [1.807, 2.05) is 6.07 Å². The van der Waals surface area contributed by atoms with Crippen LogP contribution in [0.5, 0.6) is 0 Å². The second-order valence-electron chi connectivity index (χ2n) is 5.83. The van der Waals surface area contributed by atoms with Crippen molar-refractivity contribution in [2.75, 3.05) is 44.2 Å². The van der Waals surface area contributed by atoms with E-state index >= 15 is 0 Å². The summed E-state index contributed by atoms with van der Waals surface area (Å²) in [5.41, 5.74) is 0. The molecule has 1 saturated heterocycles. The van der Waals surface area contributed by atoms with Crippen molar-refractivity contribution in [2.24, 2.45) is 5.92 Å². The van der Waals surface area contributed by atoms with Gasteiger partial charge in [0, 0.05) is 58.1 Å². The van der Waals surface area contributed by atoms with E-state index in [0.717, 1.165) is 45.2 Å². The normalized spacial score (nSPS) is 16.2. The Morgan fingerprint density at radius 1 is 1.24 bits per heavy atom. The lowest BCUT2D eigenvalue weighted by Crippen LogP contribution is -2.47. The van der Waals surface area contributed by atoms with Crippen molar-refractivity contribution >= 4 is 11.9 Å². The summed E-state index contributed by atoms with van der Waals surface area (Å²) >= 11 is 0. The fourth-order valence-corrected chi connectivity index (χ4v) is 2.29. The number of rotatable bonds is 6. The predicted molar refractivity (Wildman–Crippen MR) is 83.1 cm³/mol. The van der Waals surface area contributed by atoms with Gasteiger partial charge in [0.2, 0.25) is 11.9 Å². The molecule has 0 aliphatic carbocycles. The summed E-state index contributed by atoms with van der Waals surface area (Å²) in [5, 5.41) is 2.96. The van der Waals surface area contributed by atoms with Crippen LogP contribution in [0.1, 0.15) is 20.3 Å². The summed E-state index contributed by atoms with van der Waals surface area (Å²) in [6.07, 6.45) is 4.12. The molecule has 6 heteroatoms. The van der Waals surface area contributed by atoms with Gasteiger partial charge in [0.05, 0.1) is 0 Å². The molecule has 1 aromatic heterocycles. The number of carbonyl (C=O) groups excluding carboxylic acids is 1. The lowest BCUT2D eigenvalue weighted by Gasteiger charge is -2.34. The Labute approximate surface area is 126 Å². The molecule has 1 amide bonds. The Bertz CT molecular complexity index is 429. The highest BCUT2D eigenvalue weighted by molar-refractivity contribution is 5.76. The van der Waals surface area contributed by atoms with E-state index in [0.29, 0.717) is 12.3 Å². The number of aromatic nitrogens is 2. The maximum atomic E-state index is 11.7. The Balaban J connectivity index is 1.66. The van der Waals surface area contributed by atoms with Crippen LogP contribution in [0, 0.1) is 5.92 Å². The van der Waals surface area contributed by atoms with Gasteiger partial charge in [-0.25, -0.2) is 9.97 Å². The monoisotopic (exact) mass is 291 g/mol. The van der Waals surface area contributed by atoms with Crippen molar-refractivity contribution in [3.05, 3.63) is 18.5 Å². The number of hydrogen-bond donors (Lipinski definition) is 1. The Morgan fingerprint density at radius 2 is 1.90 bits per heavy atom. The van der Waals surface area contributed by atoms with Crippen LogP contribution in [0.3, 0.4) is 0 Å². The van der Waals surface area contributed by atoms with Crippen LogP contribution < -0.4 is 10.2 Å². The van der Waals surface area contributed by atoms with Crippen molar-refractivity contribution in [1.82, 2.24) is 20.2 Å². The van der Waals surface area contributed by atoms with Crippen LogP contribution in [0.25, 0.3) is 0 Å². The molecule has 0 atom stereocenters. The maximum absolute atomic E-state index is 11.7. The lowest BCUT2D eigenvalue weighted by molar-refractivity contribution is -0.121. The van der Waals surface area contributed by atoms with Gasteiger partial charge < -0.3 is 10.2 Å². The minimum Gasteiger partial charge on any atom is -0.356 e. The van der Waals surface area contributed by atoms with Gasteiger partial charge in [0.1, 0.15) is 0 Å². The van der Waals surface area contributed by atoms with Gasteiger partial charge in [-0.15, -0.1) is 0 Å². The molecule has 2 heterocycles. The van der Waals surface area contributed by atoms with Crippen LogP contribution in [0.2, 0.25) is 0 Å². The van der Waals surface area contributed by atoms with Gasteiger partial charge in [-0.3, -0.25) is 9.69 Å². The summed E-state index contributed by atoms with van der Waals surface area (Å²) in [5.74, 6) is 1.45. The zero-order valence-electron chi connectivity index (χ0n) is 13.0. The average Bonchev–Trinajstić information content (AvgIpc) is 2.52. The van der Waals surface area contributed by atoms with Crippen molar-refractivity contribution in [3.8, 4) is 0 Å². The van der Waals surface area contributed by atoms with E-state index in [2.05, 4.69) is 38.9 Å². The molecule has 0 aromatic carbocycles. The number of carbonyl (C=O) groups is 1. The molecule has 0 spiro atoms. The molecular weight excluding hydrogens is 266 g/mol. The quantitative estimate of drug-likeness (QED) is 0.838. The fourth-order valence-electron chi connectivity index (χ4n) is 2.29. The molecule has 1 fully saturated rings. The minimum atomic E-state index is 0.150. The highest BCUT2D eigenvalue weighted by atomic mass is 16.1. The van der Waals surface area contributed by atoms with E-state index in [-0.39, 0.29) is 5.91 Å². The summed E-state index contributed by atoms with van der Waals surface area (Å²) in [6.45, 7) is 9.53. The first-order chi connectivity index (χ1) is 10.1. The van der Waals surface area contributed by atoms with E-state index < -0.39 is 0 Å². The fraction of sp³-hybridized carbons (Fsp3) is 0.667. The topological polar surface area (TPSA) is 61.4 Å². The summed E-state index contributed by atoms with van der Waals surface area (Å²) < 4.78 is 0. The van der Waals surface area contributed by atoms with Gasteiger partial charge in [-0.1, -0.05) is 13.8 Å². The molecule has 2 rings (SSSR count). The van der Waals surface area contributed by atoms with Gasteiger partial charge in [0.25, 0.3) is 0 Å². The van der Waals surface area contributed by atoms with Crippen molar-refractivity contribution in [3.63, 3.8) is 0 Å². The van der Waals surface area contributed by atoms with E-state index in [9.17, 15) is 4.79 Å². The standard InChI is InChI=1S/C15H25N5O/c1-13(2)12-18-14(21)4-7-19-8-10-20(11-9-19)15-16-5-3-6-17-15/h3,5-6,13H,4,7-12H2,1-2H3,(H,18,21). The molecule has 1 N–H and O–H groups in total. The molecule has 0 bridgehead atoms. The first-order valence-corrected chi connectivity index (χ1v) is 7.66. The van der Waals surface area contributed by atoms with Gasteiger partial charge >= 0.3 is 0 Å². The number of anilines is 1. The summed E-state index contributed by atoms with van der Waals surface area (Å²) in [7, 11) is 0. The molecule has 0 unspecified atom stereocenters. The number of piperazine rings is 1. The van der Waals surface area contributed by atoms with Crippen LogP contribution in [-0.2, 0) is 4.79 Å². The largest absolute Gasteiger partial charge is 0.356 e. The molecule has 1 aliphatic rings. The molecular formula is C15H25N5O. The number of nitrogens with one attached hydrogen (secondary N) is 1. The summed E-state index contributed by atoms with van der Waals surface area (Å²) in [4.78, 5) is 24.8. The third-order valence-corrected chi connectivity index (χ3v) is 3.57. The highest BCUT2D eigenvalue weighted by Crippen LogP contribution is 2.09. The second kappa shape index (κ2) is 7.93. The van der Waals surface area contributed by atoms with Crippen LogP contribution in [-0.4, -0.2) is 60.0 Å². The molecule has 6 nitrogen and oxygen atoms in total. The molecule has 0 saturated carbocycles. The zero-order valence-corrected chi connectivity index (χ0v) is 13.0. The Kier molecular flexibility index (Phi) is 5.92. The predicted octanol–water partition coefficient (Wildman–Crippen LogP) is 0.761. The smallest absolute Gasteiger partial charge is 0.225 e. The lowest BCUT2D eigenvalue weighted by atomic mass is 10.2. The second-order valence-corrected chi connectivity index (χ2v) is 5.83. The zero-order chi connectivity index (χ0) is 15.1. The van der Waals surface area contributed by atoms with Crippen LogP contribution >= 0.6 is 0 Å². The molecule has 1 aliphatic heterocycles. The number of hydrogen-bond acceptors (Lipinski definition) is 5. The van der Waals surface area contributed by atoms with E-state index in [1.165, 1.54) is 0 Å². The highest BCUT2D eigenvalue weighted by Gasteiger charge is 2.18. The van der Waals surface area contributed by atoms with E-state index in [1.54, 1.807) is 12.4 Å². The summed E-state index contributed by atoms with van der Waals surface area (Å²) in [6, 6.07) is 1.83. The maximum Gasteiger partial charge on any atom is 0.225 e. The first kappa shape index (κ1) is 15.7. The van der Waals surface area contributed by atoms with Crippen molar-refractivity contribution in [1.29, 1.82) is 0 Å². The number of amides is 1. The van der Waals surface area contributed by atoms with Gasteiger partial charge in [-0.2, -0.15) is 0 Å². The minimum absolute atomic E-state index is 0.150. The third kappa shape index (κ3) is 5.30. The first-order valence-electron chi connectivity index (χ1n) is 7.66. The van der Waals surface area contributed by atoms with Gasteiger partial charge in [0.15, 0.2) is 0 Å². The Hall–Kier alpha value is -1.69. The van der Waals surface area contributed by atoms with Crippen molar-refractivity contribution < 1.29 is 4.79 Å². The van der Waals surface area contributed by atoms with Crippen LogP contribution in [0.15, 0.2) is 18.5 Å². The SMILES string of the molecule is CC(C)CNC(=O)CCN1CCN(c2ncccn2)CC1. The van der Waals surface area contributed by atoms with Crippen molar-refractivity contribution in [2.45, 2.75) is 20.3 Å². The average molecular weight is 291 g/mol. The number of nitrogens with zero attached hydrogens (tertiary/aromatic N) is 4. The van der Waals surface area contributed by atoms with E-state index in [4.69, 9.17) is 0 Å². The van der Waals surface area contributed by atoms with Crippen LogP contribution in [0.4, 0.5) is 5.95 Å². The molecule has 0 radical (unpaired) electrons. The molecule has 21 heavy (non-hydrogen) atoms.